The zero-order valence-corrected chi connectivity index (χ0v) is 16.2. The number of aromatic nitrogens is 5. The molecule has 0 saturated carbocycles. The van der Waals surface area contributed by atoms with Gasteiger partial charge < -0.3 is 15.1 Å². The summed E-state index contributed by atoms with van der Waals surface area (Å²) in [5.74, 6) is 0.557. The molecule has 1 N–H and O–H groups in total. The summed E-state index contributed by atoms with van der Waals surface area (Å²) < 4.78 is 1.81. The molecular weight excluding hydrogens is 364 g/mol. The lowest BCUT2D eigenvalue weighted by Gasteiger charge is -2.34. The van der Waals surface area contributed by atoms with E-state index in [2.05, 4.69) is 66.5 Å². The Bertz CT molecular complexity index is 1100. The number of nitrogens with zero attached hydrogens (tertiary/aromatic N) is 7. The van der Waals surface area contributed by atoms with Crippen molar-refractivity contribution in [1.29, 1.82) is 0 Å². The van der Waals surface area contributed by atoms with Gasteiger partial charge in [0.05, 0.1) is 5.69 Å². The molecule has 0 unspecified atom stereocenters. The van der Waals surface area contributed by atoms with Gasteiger partial charge in [-0.2, -0.15) is 4.98 Å². The van der Waals surface area contributed by atoms with Crippen molar-refractivity contribution in [3.8, 4) is 11.3 Å². The number of rotatable bonds is 4. The predicted molar refractivity (Wildman–Crippen MR) is 113 cm³/mol. The highest BCUT2D eigenvalue weighted by Crippen LogP contribution is 2.23. The number of pyridine rings is 1. The van der Waals surface area contributed by atoms with Crippen LogP contribution in [-0.4, -0.2) is 62.7 Å². The second kappa shape index (κ2) is 7.48. The van der Waals surface area contributed by atoms with Crippen molar-refractivity contribution in [2.24, 2.45) is 0 Å². The number of fused-ring (bicyclic) bond motifs is 1. The molecule has 3 aromatic heterocycles. The summed E-state index contributed by atoms with van der Waals surface area (Å²) >= 11 is 0. The third kappa shape index (κ3) is 3.62. The van der Waals surface area contributed by atoms with Crippen LogP contribution < -0.4 is 10.2 Å². The highest BCUT2D eigenvalue weighted by Gasteiger charge is 2.14. The highest BCUT2D eigenvalue weighted by molar-refractivity contribution is 5.64. The van der Waals surface area contributed by atoms with Crippen LogP contribution in [0.3, 0.4) is 0 Å². The second-order valence-electron chi connectivity index (χ2n) is 7.21. The number of likely N-dealkylation sites (N-methyl/N-ethyl adjacent to an activating group) is 1. The fourth-order valence-corrected chi connectivity index (χ4v) is 3.56. The van der Waals surface area contributed by atoms with Crippen molar-refractivity contribution < 1.29 is 0 Å². The lowest BCUT2D eigenvalue weighted by molar-refractivity contribution is 0.313. The van der Waals surface area contributed by atoms with Crippen LogP contribution in [-0.2, 0) is 0 Å². The minimum atomic E-state index is 0.557. The van der Waals surface area contributed by atoms with Gasteiger partial charge in [-0.3, -0.25) is 0 Å². The molecule has 4 aromatic rings. The molecule has 1 saturated heterocycles. The number of benzene rings is 1. The first-order valence-electron chi connectivity index (χ1n) is 9.68. The fourth-order valence-electron chi connectivity index (χ4n) is 3.56. The zero-order valence-electron chi connectivity index (χ0n) is 16.2. The Morgan fingerprint density at radius 3 is 2.41 bits per heavy atom. The number of hydrogen-bond donors (Lipinski definition) is 1. The molecule has 1 aliphatic heterocycles. The molecule has 4 heterocycles. The summed E-state index contributed by atoms with van der Waals surface area (Å²) in [7, 11) is 2.17. The molecule has 29 heavy (non-hydrogen) atoms. The Morgan fingerprint density at radius 2 is 1.66 bits per heavy atom. The van der Waals surface area contributed by atoms with Crippen molar-refractivity contribution in [2.45, 2.75) is 0 Å². The van der Waals surface area contributed by atoms with Gasteiger partial charge in [-0.1, -0.05) is 6.07 Å². The predicted octanol–water partition coefficient (Wildman–Crippen LogP) is 2.68. The molecule has 8 nitrogen and oxygen atoms in total. The third-order valence-corrected chi connectivity index (χ3v) is 5.21. The number of anilines is 3. The average Bonchev–Trinajstić information content (AvgIpc) is 3.18. The van der Waals surface area contributed by atoms with Gasteiger partial charge in [0, 0.05) is 55.5 Å². The van der Waals surface area contributed by atoms with E-state index in [1.54, 1.807) is 16.9 Å². The molecule has 8 heteroatoms. The lowest BCUT2D eigenvalue weighted by atomic mass is 10.2. The van der Waals surface area contributed by atoms with E-state index in [1.807, 2.05) is 18.2 Å². The van der Waals surface area contributed by atoms with Crippen molar-refractivity contribution in [1.82, 2.24) is 29.5 Å². The van der Waals surface area contributed by atoms with Crippen molar-refractivity contribution in [3.63, 3.8) is 0 Å². The topological polar surface area (TPSA) is 74.5 Å². The Labute approximate surface area is 168 Å². The summed E-state index contributed by atoms with van der Waals surface area (Å²) in [5, 5.41) is 7.94. The maximum absolute atomic E-state index is 4.63. The molecule has 5 rings (SSSR count). The van der Waals surface area contributed by atoms with Gasteiger partial charge in [0.2, 0.25) is 5.95 Å². The molecule has 1 fully saturated rings. The van der Waals surface area contributed by atoms with Crippen molar-refractivity contribution in [3.05, 3.63) is 61.2 Å². The van der Waals surface area contributed by atoms with Crippen LogP contribution in [0.25, 0.3) is 16.9 Å². The van der Waals surface area contributed by atoms with Crippen LogP contribution in [0.4, 0.5) is 17.3 Å². The van der Waals surface area contributed by atoms with Gasteiger partial charge in [-0.05, 0) is 43.4 Å². The van der Waals surface area contributed by atoms with E-state index in [1.165, 1.54) is 12.0 Å². The maximum Gasteiger partial charge on any atom is 0.247 e. The minimum Gasteiger partial charge on any atom is -0.369 e. The van der Waals surface area contributed by atoms with E-state index in [0.717, 1.165) is 48.8 Å². The first kappa shape index (κ1) is 17.6. The summed E-state index contributed by atoms with van der Waals surface area (Å²) in [6.07, 6.45) is 5.06. The molecule has 0 atom stereocenters. The second-order valence-corrected chi connectivity index (χ2v) is 7.21. The van der Waals surface area contributed by atoms with Gasteiger partial charge in [0.1, 0.15) is 6.33 Å². The first-order valence-corrected chi connectivity index (χ1v) is 9.68. The molecule has 0 aliphatic carbocycles. The Morgan fingerprint density at radius 1 is 0.897 bits per heavy atom. The summed E-state index contributed by atoms with van der Waals surface area (Å²) in [6, 6.07) is 14.3. The Balaban J connectivity index is 1.37. The standard InChI is InChI=1S/C21H22N8/c1-27-9-11-28(12-10-27)18-7-5-17(6-8-18)24-21-25-20-4-2-3-19(29(20)26-21)16-13-22-15-23-14-16/h2-8,13-15H,9-12H2,1H3,(H,24,26). The molecule has 0 bridgehead atoms. The number of hydrogen-bond acceptors (Lipinski definition) is 7. The van der Waals surface area contributed by atoms with E-state index in [-0.39, 0.29) is 0 Å². The first-order chi connectivity index (χ1) is 14.3. The molecule has 0 amide bonds. The number of nitrogens with one attached hydrogen (secondary N) is 1. The van der Waals surface area contributed by atoms with Crippen LogP contribution >= 0.6 is 0 Å². The van der Waals surface area contributed by atoms with Gasteiger partial charge in [-0.15, -0.1) is 5.10 Å². The highest BCUT2D eigenvalue weighted by atomic mass is 15.4. The van der Waals surface area contributed by atoms with E-state index in [9.17, 15) is 0 Å². The molecule has 0 radical (unpaired) electrons. The van der Waals surface area contributed by atoms with Gasteiger partial charge in [-0.25, -0.2) is 14.5 Å². The van der Waals surface area contributed by atoms with Gasteiger partial charge in [0.25, 0.3) is 0 Å². The van der Waals surface area contributed by atoms with Gasteiger partial charge >= 0.3 is 0 Å². The van der Waals surface area contributed by atoms with Crippen molar-refractivity contribution in [2.75, 3.05) is 43.4 Å². The maximum atomic E-state index is 4.63. The molecule has 0 spiro atoms. The van der Waals surface area contributed by atoms with Crippen LogP contribution in [0.15, 0.2) is 61.2 Å². The lowest BCUT2D eigenvalue weighted by Crippen LogP contribution is -2.44. The Kier molecular flexibility index (Phi) is 4.53. The largest absolute Gasteiger partial charge is 0.369 e. The fraction of sp³-hybridized carbons (Fsp3) is 0.238. The van der Waals surface area contributed by atoms with E-state index in [4.69, 9.17) is 0 Å². The molecule has 1 aromatic carbocycles. The van der Waals surface area contributed by atoms with E-state index in [0.29, 0.717) is 5.95 Å². The SMILES string of the molecule is CN1CCN(c2ccc(Nc3nc4cccc(-c5cncnc5)n4n3)cc2)CC1. The van der Waals surface area contributed by atoms with E-state index < -0.39 is 0 Å². The third-order valence-electron chi connectivity index (χ3n) is 5.21. The smallest absolute Gasteiger partial charge is 0.247 e. The van der Waals surface area contributed by atoms with Crippen LogP contribution in [0.1, 0.15) is 0 Å². The van der Waals surface area contributed by atoms with Crippen LogP contribution in [0, 0.1) is 0 Å². The quantitative estimate of drug-likeness (QED) is 0.578. The number of piperazine rings is 1. The molecule has 1 aliphatic rings. The summed E-state index contributed by atoms with van der Waals surface area (Å²) in [4.78, 5) is 17.6. The molecular formula is C21H22N8. The van der Waals surface area contributed by atoms with Gasteiger partial charge in [0.15, 0.2) is 5.65 Å². The normalized spacial score (nSPS) is 15.0. The van der Waals surface area contributed by atoms with Crippen LogP contribution in [0.2, 0.25) is 0 Å². The summed E-state index contributed by atoms with van der Waals surface area (Å²) in [6.45, 7) is 4.31. The zero-order chi connectivity index (χ0) is 19.6. The monoisotopic (exact) mass is 386 g/mol. The van der Waals surface area contributed by atoms with Crippen LogP contribution in [0.5, 0.6) is 0 Å². The summed E-state index contributed by atoms with van der Waals surface area (Å²) in [5.41, 5.74) is 4.77. The average molecular weight is 386 g/mol. The minimum absolute atomic E-state index is 0.557. The van der Waals surface area contributed by atoms with E-state index >= 15 is 0 Å². The van der Waals surface area contributed by atoms with Crippen molar-refractivity contribution >= 4 is 23.0 Å². The Hall–Kier alpha value is -3.52. The molecule has 146 valence electrons.